The monoisotopic (exact) mass is 330 g/mol. The van der Waals surface area contributed by atoms with Crippen molar-refractivity contribution in [3.05, 3.63) is 47.1 Å². The van der Waals surface area contributed by atoms with Crippen LogP contribution >= 0.6 is 0 Å². The molecule has 1 unspecified atom stereocenters. The Labute approximate surface area is 148 Å². The summed E-state index contributed by atoms with van der Waals surface area (Å²) in [5, 5.41) is 0. The maximum absolute atomic E-state index is 10.7. The molecule has 0 aliphatic heterocycles. The third-order valence-electron chi connectivity index (χ3n) is 4.73. The van der Waals surface area contributed by atoms with E-state index >= 15 is 0 Å². The van der Waals surface area contributed by atoms with Gasteiger partial charge in [-0.15, -0.1) is 0 Å². The van der Waals surface area contributed by atoms with Crippen molar-refractivity contribution in [1.29, 1.82) is 0 Å². The van der Waals surface area contributed by atoms with Gasteiger partial charge in [-0.3, -0.25) is 4.79 Å². The lowest BCUT2D eigenvalue weighted by Crippen LogP contribution is -2.19. The molecule has 0 aromatic carbocycles. The van der Waals surface area contributed by atoms with Gasteiger partial charge in [-0.25, -0.2) is 0 Å². The average molecular weight is 331 g/mol. The second-order valence-electron chi connectivity index (χ2n) is 7.67. The zero-order valence-electron chi connectivity index (χ0n) is 16.3. The first kappa shape index (κ1) is 20.5. The Morgan fingerprint density at radius 1 is 1.33 bits per heavy atom. The highest BCUT2D eigenvalue weighted by Crippen LogP contribution is 2.40. The van der Waals surface area contributed by atoms with Crippen LogP contribution in [0.15, 0.2) is 47.1 Å². The van der Waals surface area contributed by atoms with E-state index in [0.29, 0.717) is 17.9 Å². The van der Waals surface area contributed by atoms with Crippen molar-refractivity contribution < 1.29 is 9.53 Å². The first-order valence-corrected chi connectivity index (χ1v) is 9.09. The van der Waals surface area contributed by atoms with Crippen LogP contribution in [-0.2, 0) is 9.53 Å². The molecule has 24 heavy (non-hydrogen) atoms. The summed E-state index contributed by atoms with van der Waals surface area (Å²) in [6.07, 6.45) is 15.6. The van der Waals surface area contributed by atoms with E-state index in [1.807, 2.05) is 0 Å². The summed E-state index contributed by atoms with van der Waals surface area (Å²) >= 11 is 0. The van der Waals surface area contributed by atoms with Crippen molar-refractivity contribution in [3.8, 4) is 0 Å². The highest BCUT2D eigenvalue weighted by Gasteiger charge is 2.26. The lowest BCUT2D eigenvalue weighted by atomic mass is 9.72. The highest BCUT2D eigenvalue weighted by atomic mass is 16.5. The number of carbonyl (C=O) groups excluding carboxylic acids is 1. The van der Waals surface area contributed by atoms with E-state index in [1.165, 1.54) is 42.9 Å². The fourth-order valence-corrected chi connectivity index (χ4v) is 3.16. The molecule has 2 nitrogen and oxygen atoms in total. The van der Waals surface area contributed by atoms with Crippen LogP contribution in [0.4, 0.5) is 0 Å². The molecular weight excluding hydrogens is 296 g/mol. The molecule has 1 aliphatic carbocycles. The number of ether oxygens (including phenoxy) is 1. The summed E-state index contributed by atoms with van der Waals surface area (Å²) in [6.45, 7) is 13.2. The standard InChI is InChI=1S/C22H34O2/c1-17(9-7-10-18(2)14-16-24-20(4)23)12-13-21-19(3)11-8-15-22(21,5)6/h7,9-10,12-13,18H,8,11,14-16H2,1-6H3/b10-7+,13-12+,17-9-. The molecule has 0 N–H and O–H groups in total. The molecule has 0 fully saturated rings. The predicted molar refractivity (Wildman–Crippen MR) is 103 cm³/mol. The molecule has 0 saturated heterocycles. The maximum atomic E-state index is 10.7. The van der Waals surface area contributed by atoms with Gasteiger partial charge in [0.25, 0.3) is 0 Å². The van der Waals surface area contributed by atoms with Gasteiger partial charge in [0.2, 0.25) is 0 Å². The first-order valence-electron chi connectivity index (χ1n) is 9.09. The molecule has 0 aromatic rings. The Balaban J connectivity index is 2.57. The van der Waals surface area contributed by atoms with E-state index in [0.717, 1.165) is 6.42 Å². The summed E-state index contributed by atoms with van der Waals surface area (Å²) in [6, 6.07) is 0. The van der Waals surface area contributed by atoms with Gasteiger partial charge < -0.3 is 4.74 Å². The van der Waals surface area contributed by atoms with Gasteiger partial charge in [0, 0.05) is 6.92 Å². The Bertz CT molecular complexity index is 544. The predicted octanol–water partition coefficient (Wildman–Crippen LogP) is 6.16. The number of esters is 1. The van der Waals surface area contributed by atoms with Crippen LogP contribution in [0.2, 0.25) is 0 Å². The molecule has 2 heteroatoms. The minimum atomic E-state index is -0.206. The van der Waals surface area contributed by atoms with Crippen molar-refractivity contribution in [1.82, 2.24) is 0 Å². The largest absolute Gasteiger partial charge is 0.466 e. The van der Waals surface area contributed by atoms with Crippen molar-refractivity contribution in [2.45, 2.75) is 67.2 Å². The summed E-state index contributed by atoms with van der Waals surface area (Å²) < 4.78 is 4.97. The molecule has 0 bridgehead atoms. The van der Waals surface area contributed by atoms with Gasteiger partial charge >= 0.3 is 5.97 Å². The molecule has 1 rings (SSSR count). The molecule has 1 aliphatic rings. The van der Waals surface area contributed by atoms with Crippen molar-refractivity contribution in [2.24, 2.45) is 11.3 Å². The van der Waals surface area contributed by atoms with Crippen LogP contribution in [0, 0.1) is 11.3 Å². The Kier molecular flexibility index (Phi) is 8.24. The molecular formula is C22H34O2. The first-order chi connectivity index (χ1) is 11.2. The summed E-state index contributed by atoms with van der Waals surface area (Å²) in [7, 11) is 0. The maximum Gasteiger partial charge on any atom is 0.302 e. The number of carbonyl (C=O) groups is 1. The van der Waals surface area contributed by atoms with E-state index in [9.17, 15) is 4.79 Å². The molecule has 0 radical (unpaired) electrons. The van der Waals surface area contributed by atoms with E-state index in [1.54, 1.807) is 0 Å². The molecule has 0 heterocycles. The third-order valence-corrected chi connectivity index (χ3v) is 4.73. The van der Waals surface area contributed by atoms with Crippen LogP contribution in [0.5, 0.6) is 0 Å². The molecule has 0 amide bonds. The number of allylic oxidation sites excluding steroid dienone is 8. The Morgan fingerprint density at radius 3 is 2.67 bits per heavy atom. The number of hydrogen-bond acceptors (Lipinski definition) is 2. The van der Waals surface area contributed by atoms with Crippen LogP contribution in [0.25, 0.3) is 0 Å². The molecule has 0 aromatic heterocycles. The van der Waals surface area contributed by atoms with Gasteiger partial charge in [-0.1, -0.05) is 62.3 Å². The van der Waals surface area contributed by atoms with Gasteiger partial charge in [0.05, 0.1) is 6.61 Å². The number of rotatable bonds is 7. The SMILES string of the molecule is CC(=O)OCCC(C)/C=C/C=C(C)\C=C\C1=C(C)CCCC1(C)C. The van der Waals surface area contributed by atoms with Gasteiger partial charge in [-0.05, 0) is 56.4 Å². The topological polar surface area (TPSA) is 26.3 Å². The fourth-order valence-electron chi connectivity index (χ4n) is 3.16. The molecule has 0 saturated carbocycles. The normalized spacial score (nSPS) is 20.0. The van der Waals surface area contributed by atoms with Gasteiger partial charge in [-0.2, -0.15) is 0 Å². The van der Waals surface area contributed by atoms with Gasteiger partial charge in [0.15, 0.2) is 0 Å². The minimum Gasteiger partial charge on any atom is -0.466 e. The zero-order chi connectivity index (χ0) is 18.2. The van der Waals surface area contributed by atoms with Crippen molar-refractivity contribution >= 4 is 5.97 Å². The summed E-state index contributed by atoms with van der Waals surface area (Å²) in [4.78, 5) is 10.7. The van der Waals surface area contributed by atoms with Crippen molar-refractivity contribution in [2.75, 3.05) is 6.61 Å². The van der Waals surface area contributed by atoms with Crippen LogP contribution in [0.1, 0.15) is 67.2 Å². The van der Waals surface area contributed by atoms with E-state index < -0.39 is 0 Å². The summed E-state index contributed by atoms with van der Waals surface area (Å²) in [5.74, 6) is 0.196. The van der Waals surface area contributed by atoms with Crippen molar-refractivity contribution in [3.63, 3.8) is 0 Å². The third kappa shape index (κ3) is 7.33. The van der Waals surface area contributed by atoms with E-state index in [2.05, 4.69) is 65.0 Å². The quantitative estimate of drug-likeness (QED) is 0.412. The molecule has 0 spiro atoms. The van der Waals surface area contributed by atoms with Crippen LogP contribution in [0.3, 0.4) is 0 Å². The van der Waals surface area contributed by atoms with Crippen LogP contribution in [-0.4, -0.2) is 12.6 Å². The second kappa shape index (κ2) is 9.66. The lowest BCUT2D eigenvalue weighted by molar-refractivity contribution is -0.141. The molecule has 134 valence electrons. The summed E-state index contributed by atoms with van der Waals surface area (Å²) in [5.41, 5.74) is 4.57. The number of hydrogen-bond donors (Lipinski definition) is 0. The van der Waals surface area contributed by atoms with E-state index in [-0.39, 0.29) is 5.97 Å². The Morgan fingerprint density at radius 2 is 2.04 bits per heavy atom. The Hall–Kier alpha value is -1.57. The molecule has 1 atom stereocenters. The second-order valence-corrected chi connectivity index (χ2v) is 7.67. The fraction of sp³-hybridized carbons (Fsp3) is 0.591. The van der Waals surface area contributed by atoms with E-state index in [4.69, 9.17) is 4.74 Å². The van der Waals surface area contributed by atoms with Crippen LogP contribution < -0.4 is 0 Å². The minimum absolute atomic E-state index is 0.206. The highest BCUT2D eigenvalue weighted by molar-refractivity contribution is 5.65. The smallest absolute Gasteiger partial charge is 0.302 e. The average Bonchev–Trinajstić information content (AvgIpc) is 2.45. The van der Waals surface area contributed by atoms with Gasteiger partial charge in [0.1, 0.15) is 0 Å². The zero-order valence-corrected chi connectivity index (χ0v) is 16.3. The lowest BCUT2D eigenvalue weighted by Gasteiger charge is -2.32.